The van der Waals surface area contributed by atoms with Gasteiger partial charge in [0, 0.05) is 12.6 Å². The van der Waals surface area contributed by atoms with Gasteiger partial charge in [0.1, 0.15) is 6.04 Å². The van der Waals surface area contributed by atoms with Crippen molar-refractivity contribution in [2.45, 2.75) is 25.8 Å². The SMILES string of the molecule is Cc1ccn2nc(NC3CCC(=O)NC3=O)nc2c1. The summed E-state index contributed by atoms with van der Waals surface area (Å²) in [6.07, 6.45) is 2.60. The highest BCUT2D eigenvalue weighted by Crippen LogP contribution is 2.12. The van der Waals surface area contributed by atoms with Gasteiger partial charge in [0.15, 0.2) is 5.65 Å². The molecule has 1 fully saturated rings. The summed E-state index contributed by atoms with van der Waals surface area (Å²) in [5, 5.41) is 9.47. The van der Waals surface area contributed by atoms with Crippen LogP contribution < -0.4 is 10.6 Å². The van der Waals surface area contributed by atoms with Crippen LogP contribution in [-0.2, 0) is 9.59 Å². The molecule has 1 atom stereocenters. The summed E-state index contributed by atoms with van der Waals surface area (Å²) in [7, 11) is 0. The van der Waals surface area contributed by atoms with E-state index in [-0.39, 0.29) is 11.8 Å². The predicted molar refractivity (Wildman–Crippen MR) is 67.5 cm³/mol. The van der Waals surface area contributed by atoms with Crippen LogP contribution in [0.25, 0.3) is 5.65 Å². The molecule has 0 bridgehead atoms. The number of rotatable bonds is 2. The van der Waals surface area contributed by atoms with E-state index in [9.17, 15) is 9.59 Å². The molecule has 0 aliphatic carbocycles. The molecule has 2 amide bonds. The van der Waals surface area contributed by atoms with Crippen LogP contribution in [0.15, 0.2) is 18.3 Å². The zero-order valence-electron chi connectivity index (χ0n) is 10.4. The number of aryl methyl sites for hydroxylation is 1. The van der Waals surface area contributed by atoms with Crippen molar-refractivity contribution in [3.63, 3.8) is 0 Å². The highest BCUT2D eigenvalue weighted by atomic mass is 16.2. The Morgan fingerprint density at radius 2 is 2.32 bits per heavy atom. The molecule has 1 saturated heterocycles. The van der Waals surface area contributed by atoms with E-state index in [1.165, 1.54) is 0 Å². The molecule has 3 heterocycles. The average molecular weight is 259 g/mol. The maximum absolute atomic E-state index is 11.6. The Morgan fingerprint density at radius 3 is 3.11 bits per heavy atom. The van der Waals surface area contributed by atoms with E-state index in [1.807, 2.05) is 25.3 Å². The van der Waals surface area contributed by atoms with Crippen LogP contribution in [0.5, 0.6) is 0 Å². The predicted octanol–water partition coefficient (Wildman–Crippen LogP) is 0.255. The van der Waals surface area contributed by atoms with Gasteiger partial charge >= 0.3 is 0 Å². The molecule has 1 aliphatic rings. The molecule has 7 heteroatoms. The third-order valence-electron chi connectivity index (χ3n) is 3.04. The Hall–Kier alpha value is -2.44. The lowest BCUT2D eigenvalue weighted by atomic mass is 10.1. The van der Waals surface area contributed by atoms with E-state index >= 15 is 0 Å². The number of aromatic nitrogens is 3. The molecule has 2 aromatic heterocycles. The Morgan fingerprint density at radius 1 is 1.47 bits per heavy atom. The number of nitrogens with one attached hydrogen (secondary N) is 2. The highest BCUT2D eigenvalue weighted by Gasteiger charge is 2.27. The van der Waals surface area contributed by atoms with Crippen molar-refractivity contribution in [3.8, 4) is 0 Å². The van der Waals surface area contributed by atoms with Crippen LogP contribution in [0.2, 0.25) is 0 Å². The maximum atomic E-state index is 11.6. The molecule has 0 saturated carbocycles. The van der Waals surface area contributed by atoms with Crippen LogP contribution in [0, 0.1) is 6.92 Å². The Labute approximate surface area is 109 Å². The molecular formula is C12H13N5O2. The van der Waals surface area contributed by atoms with E-state index in [0.29, 0.717) is 18.8 Å². The number of carbonyl (C=O) groups excluding carboxylic acids is 2. The standard InChI is InChI=1S/C12H13N5O2/c1-7-4-5-17-9(6-7)14-12(16-17)13-8-2-3-10(18)15-11(8)19/h4-6,8H,2-3H2,1H3,(H,13,16)(H,15,18,19). The summed E-state index contributed by atoms with van der Waals surface area (Å²) in [6.45, 7) is 1.97. The molecule has 98 valence electrons. The van der Waals surface area contributed by atoms with Crippen molar-refractivity contribution in [2.24, 2.45) is 0 Å². The topological polar surface area (TPSA) is 88.4 Å². The summed E-state index contributed by atoms with van der Waals surface area (Å²) >= 11 is 0. The molecule has 1 unspecified atom stereocenters. The van der Waals surface area contributed by atoms with Gasteiger partial charge in [0.2, 0.25) is 17.8 Å². The summed E-state index contributed by atoms with van der Waals surface area (Å²) in [4.78, 5) is 27.0. The van der Waals surface area contributed by atoms with Crippen molar-refractivity contribution in [1.82, 2.24) is 19.9 Å². The number of piperidine rings is 1. The second-order valence-corrected chi connectivity index (χ2v) is 4.59. The summed E-state index contributed by atoms with van der Waals surface area (Å²) in [5.41, 5.74) is 1.81. The van der Waals surface area contributed by atoms with Crippen LogP contribution in [-0.4, -0.2) is 32.5 Å². The highest BCUT2D eigenvalue weighted by molar-refractivity contribution is 6.01. The quantitative estimate of drug-likeness (QED) is 0.755. The van der Waals surface area contributed by atoms with Crippen molar-refractivity contribution in [2.75, 3.05) is 5.32 Å². The lowest BCUT2D eigenvalue weighted by molar-refractivity contribution is -0.133. The molecule has 2 N–H and O–H groups in total. The van der Waals surface area contributed by atoms with Gasteiger partial charge in [-0.1, -0.05) is 0 Å². The second kappa shape index (κ2) is 4.34. The largest absolute Gasteiger partial charge is 0.341 e. The summed E-state index contributed by atoms with van der Waals surface area (Å²) < 4.78 is 1.64. The van der Waals surface area contributed by atoms with Crippen molar-refractivity contribution >= 4 is 23.4 Å². The first-order chi connectivity index (χ1) is 9.11. The van der Waals surface area contributed by atoms with Crippen molar-refractivity contribution < 1.29 is 9.59 Å². The van der Waals surface area contributed by atoms with Gasteiger partial charge in [-0.05, 0) is 31.0 Å². The number of nitrogens with zero attached hydrogens (tertiary/aromatic N) is 3. The van der Waals surface area contributed by atoms with Crippen LogP contribution in [0.1, 0.15) is 18.4 Å². The number of pyridine rings is 1. The number of hydrogen-bond acceptors (Lipinski definition) is 5. The van der Waals surface area contributed by atoms with Crippen molar-refractivity contribution in [3.05, 3.63) is 23.9 Å². The fourth-order valence-corrected chi connectivity index (χ4v) is 2.03. The monoisotopic (exact) mass is 259 g/mol. The molecule has 0 aromatic carbocycles. The molecule has 2 aromatic rings. The van der Waals surface area contributed by atoms with Crippen molar-refractivity contribution in [1.29, 1.82) is 0 Å². The Balaban J connectivity index is 1.81. The van der Waals surface area contributed by atoms with Gasteiger partial charge < -0.3 is 5.32 Å². The first kappa shape index (κ1) is 11.6. The van der Waals surface area contributed by atoms with Gasteiger partial charge in [-0.3, -0.25) is 14.9 Å². The first-order valence-electron chi connectivity index (χ1n) is 6.05. The van der Waals surface area contributed by atoms with Gasteiger partial charge in [0.25, 0.3) is 0 Å². The number of carbonyl (C=O) groups is 2. The molecule has 1 aliphatic heterocycles. The zero-order valence-corrected chi connectivity index (χ0v) is 10.4. The number of hydrogen-bond donors (Lipinski definition) is 2. The number of anilines is 1. The van der Waals surface area contributed by atoms with Crippen LogP contribution >= 0.6 is 0 Å². The Bertz CT molecular complexity index is 663. The normalized spacial score (nSPS) is 19.5. The Kier molecular flexibility index (Phi) is 2.66. The minimum absolute atomic E-state index is 0.235. The van der Waals surface area contributed by atoms with E-state index in [0.717, 1.165) is 11.2 Å². The fourth-order valence-electron chi connectivity index (χ4n) is 2.03. The van der Waals surface area contributed by atoms with E-state index in [1.54, 1.807) is 4.52 Å². The first-order valence-corrected chi connectivity index (χ1v) is 6.05. The summed E-state index contributed by atoms with van der Waals surface area (Å²) in [6, 6.07) is 3.37. The van der Waals surface area contributed by atoms with Gasteiger partial charge in [-0.15, -0.1) is 5.10 Å². The third-order valence-corrected chi connectivity index (χ3v) is 3.04. The third kappa shape index (κ3) is 2.26. The number of amides is 2. The van der Waals surface area contributed by atoms with E-state index < -0.39 is 6.04 Å². The maximum Gasteiger partial charge on any atom is 0.249 e. The molecule has 0 radical (unpaired) electrons. The lowest BCUT2D eigenvalue weighted by Crippen LogP contribution is -2.47. The lowest BCUT2D eigenvalue weighted by Gasteiger charge is -2.20. The van der Waals surface area contributed by atoms with Crippen LogP contribution in [0.4, 0.5) is 5.95 Å². The number of imide groups is 1. The van der Waals surface area contributed by atoms with Gasteiger partial charge in [0.05, 0.1) is 0 Å². The van der Waals surface area contributed by atoms with E-state index in [4.69, 9.17) is 0 Å². The molecule has 0 spiro atoms. The fraction of sp³-hybridized carbons (Fsp3) is 0.333. The number of fused-ring (bicyclic) bond motifs is 1. The summed E-state index contributed by atoms with van der Waals surface area (Å²) in [5.74, 6) is -0.173. The molecule has 19 heavy (non-hydrogen) atoms. The minimum Gasteiger partial charge on any atom is -0.341 e. The van der Waals surface area contributed by atoms with Crippen LogP contribution in [0.3, 0.4) is 0 Å². The van der Waals surface area contributed by atoms with Gasteiger partial charge in [-0.25, -0.2) is 4.52 Å². The molecule has 3 rings (SSSR count). The van der Waals surface area contributed by atoms with Gasteiger partial charge in [-0.2, -0.15) is 4.98 Å². The minimum atomic E-state index is -0.462. The molecule has 7 nitrogen and oxygen atoms in total. The van der Waals surface area contributed by atoms with E-state index in [2.05, 4.69) is 20.7 Å². The zero-order chi connectivity index (χ0) is 13.4. The smallest absolute Gasteiger partial charge is 0.249 e. The second-order valence-electron chi connectivity index (χ2n) is 4.59. The average Bonchev–Trinajstić information content (AvgIpc) is 2.74. The molecular weight excluding hydrogens is 246 g/mol.